The van der Waals surface area contributed by atoms with Gasteiger partial charge in [0.15, 0.2) is 17.5 Å². The van der Waals surface area contributed by atoms with E-state index in [-0.39, 0.29) is 0 Å². The van der Waals surface area contributed by atoms with E-state index in [1.807, 2.05) is 72.8 Å². The first-order chi connectivity index (χ1) is 26.7. The normalized spacial score (nSPS) is 11.0. The molecule has 0 saturated heterocycles. The molecule has 0 unspecified atom stereocenters. The number of hydrogen-bond donors (Lipinski definition) is 0. The fraction of sp³-hybridized carbons (Fsp3) is 0. The topological polar surface area (TPSA) is 51.6 Å². The summed E-state index contributed by atoms with van der Waals surface area (Å²) < 4.78 is 0. The molecule has 4 heteroatoms. The maximum absolute atomic E-state index is 5.20. The minimum Gasteiger partial charge on any atom is -0.248 e. The molecule has 0 bridgehead atoms. The molecule has 0 spiro atoms. The number of benzene rings is 7. The van der Waals surface area contributed by atoms with Gasteiger partial charge in [0.25, 0.3) is 0 Å². The van der Waals surface area contributed by atoms with Gasteiger partial charge in [-0.25, -0.2) is 19.9 Å². The monoisotopic (exact) mass is 690 g/mol. The zero-order valence-electron chi connectivity index (χ0n) is 29.4. The lowest BCUT2D eigenvalue weighted by molar-refractivity contribution is 1.07. The lowest BCUT2D eigenvalue weighted by Gasteiger charge is -2.15. The van der Waals surface area contributed by atoms with Crippen LogP contribution in [0.15, 0.2) is 206 Å². The summed E-state index contributed by atoms with van der Waals surface area (Å²) in [5.74, 6) is 1.90. The summed E-state index contributed by atoms with van der Waals surface area (Å²) in [5, 5.41) is 0. The van der Waals surface area contributed by atoms with Gasteiger partial charge in [0, 0.05) is 27.8 Å². The molecule has 0 fully saturated rings. The highest BCUT2D eigenvalue weighted by Gasteiger charge is 2.16. The Morgan fingerprint density at radius 3 is 1.09 bits per heavy atom. The Labute approximate surface area is 315 Å². The van der Waals surface area contributed by atoms with Crippen LogP contribution in [0.4, 0.5) is 0 Å². The van der Waals surface area contributed by atoms with Crippen molar-refractivity contribution in [2.24, 2.45) is 0 Å². The maximum atomic E-state index is 5.20. The van der Waals surface area contributed by atoms with Crippen LogP contribution >= 0.6 is 0 Å². The Kier molecular flexibility index (Phi) is 8.90. The van der Waals surface area contributed by atoms with Crippen LogP contribution in [0.25, 0.3) is 90.1 Å². The molecule has 9 aromatic rings. The third-order valence-electron chi connectivity index (χ3n) is 9.55. The molecule has 2 aromatic heterocycles. The minimum atomic E-state index is 0.624. The Bertz CT molecular complexity index is 2620. The van der Waals surface area contributed by atoms with Crippen LogP contribution < -0.4 is 0 Å². The summed E-state index contributed by atoms with van der Waals surface area (Å²) in [6, 6.07) is 71.2. The van der Waals surface area contributed by atoms with Crippen LogP contribution in [0.2, 0.25) is 0 Å². The van der Waals surface area contributed by atoms with Gasteiger partial charge in [0.05, 0.1) is 11.4 Å². The minimum absolute atomic E-state index is 0.624. The van der Waals surface area contributed by atoms with Crippen molar-refractivity contribution in [1.29, 1.82) is 0 Å². The molecule has 0 atom stereocenters. The molecule has 0 aliphatic rings. The fourth-order valence-electron chi connectivity index (χ4n) is 6.80. The van der Waals surface area contributed by atoms with Crippen molar-refractivity contribution in [3.63, 3.8) is 0 Å². The lowest BCUT2D eigenvalue weighted by Crippen LogP contribution is -2.00. The second-order valence-electron chi connectivity index (χ2n) is 13.1. The van der Waals surface area contributed by atoms with Crippen molar-refractivity contribution < 1.29 is 0 Å². The van der Waals surface area contributed by atoms with Gasteiger partial charge in [-0.2, -0.15) is 0 Å². The lowest BCUT2D eigenvalue weighted by atomic mass is 9.92. The quantitative estimate of drug-likeness (QED) is 0.159. The summed E-state index contributed by atoms with van der Waals surface area (Å²) in [7, 11) is 0. The van der Waals surface area contributed by atoms with Crippen LogP contribution in [0.1, 0.15) is 0 Å². The second-order valence-corrected chi connectivity index (χ2v) is 13.1. The van der Waals surface area contributed by atoms with E-state index >= 15 is 0 Å². The Balaban J connectivity index is 1.15. The third kappa shape index (κ3) is 6.84. The zero-order valence-corrected chi connectivity index (χ0v) is 29.4. The van der Waals surface area contributed by atoms with Crippen molar-refractivity contribution in [2.75, 3.05) is 0 Å². The molecule has 0 aliphatic carbocycles. The average molecular weight is 691 g/mol. The van der Waals surface area contributed by atoms with Gasteiger partial charge in [0.1, 0.15) is 0 Å². The standard InChI is InChI=1S/C50H34N4/c1-5-16-35(17-6-1)36-28-30-38(31-29-36)47-34-43(33-46(51-47)37-18-7-2-8-19-37)45-27-14-13-26-44(45)41-24-15-25-42(32-41)50-53-48(39-20-9-3-10-21-39)52-49(54-50)40-22-11-4-12-23-40/h1-34H. The maximum Gasteiger partial charge on any atom is 0.164 e. The van der Waals surface area contributed by atoms with Crippen LogP contribution in [0.5, 0.6) is 0 Å². The first-order valence-corrected chi connectivity index (χ1v) is 18.1. The van der Waals surface area contributed by atoms with E-state index < -0.39 is 0 Å². The van der Waals surface area contributed by atoms with Crippen LogP contribution in [0, 0.1) is 0 Å². The molecule has 7 aromatic carbocycles. The van der Waals surface area contributed by atoms with E-state index in [9.17, 15) is 0 Å². The van der Waals surface area contributed by atoms with Gasteiger partial charge >= 0.3 is 0 Å². The molecule has 0 amide bonds. The number of aromatic nitrogens is 4. The first-order valence-electron chi connectivity index (χ1n) is 18.1. The summed E-state index contributed by atoms with van der Waals surface area (Å²) in [5.41, 5.74) is 13.5. The SMILES string of the molecule is c1ccc(-c2ccc(-c3cc(-c4ccccc4-c4cccc(-c5nc(-c6ccccc6)nc(-c6ccccc6)n5)c4)cc(-c4ccccc4)n3)cc2)cc1. The molecule has 4 nitrogen and oxygen atoms in total. The predicted octanol–water partition coefficient (Wildman–Crippen LogP) is 12.6. The molecular formula is C50H34N4. The smallest absolute Gasteiger partial charge is 0.164 e. The van der Waals surface area contributed by atoms with Crippen molar-refractivity contribution >= 4 is 0 Å². The highest BCUT2D eigenvalue weighted by Crippen LogP contribution is 2.38. The van der Waals surface area contributed by atoms with Crippen molar-refractivity contribution in [3.8, 4) is 90.1 Å². The second kappa shape index (κ2) is 14.7. The summed E-state index contributed by atoms with van der Waals surface area (Å²) in [4.78, 5) is 20.1. The summed E-state index contributed by atoms with van der Waals surface area (Å²) in [6.07, 6.45) is 0. The van der Waals surface area contributed by atoms with Gasteiger partial charge in [-0.1, -0.05) is 188 Å². The molecule has 9 rings (SSSR count). The predicted molar refractivity (Wildman–Crippen MR) is 221 cm³/mol. The molecule has 54 heavy (non-hydrogen) atoms. The van der Waals surface area contributed by atoms with Gasteiger partial charge < -0.3 is 0 Å². The number of hydrogen-bond acceptors (Lipinski definition) is 4. The van der Waals surface area contributed by atoms with Gasteiger partial charge in [-0.3, -0.25) is 0 Å². The average Bonchev–Trinajstić information content (AvgIpc) is 3.27. The number of pyridine rings is 1. The van der Waals surface area contributed by atoms with Gasteiger partial charge in [-0.15, -0.1) is 0 Å². The van der Waals surface area contributed by atoms with E-state index in [4.69, 9.17) is 19.9 Å². The van der Waals surface area contributed by atoms with Crippen molar-refractivity contribution in [3.05, 3.63) is 206 Å². The molecule has 2 heterocycles. The number of nitrogens with zero attached hydrogens (tertiary/aromatic N) is 4. The molecule has 0 aliphatic heterocycles. The van der Waals surface area contributed by atoms with Crippen molar-refractivity contribution in [2.45, 2.75) is 0 Å². The first kappa shape index (κ1) is 32.6. The van der Waals surface area contributed by atoms with E-state index in [0.717, 1.165) is 61.5 Å². The summed E-state index contributed by atoms with van der Waals surface area (Å²) in [6.45, 7) is 0. The van der Waals surface area contributed by atoms with Crippen molar-refractivity contribution in [1.82, 2.24) is 19.9 Å². The van der Waals surface area contributed by atoms with E-state index in [0.29, 0.717) is 17.5 Å². The summed E-state index contributed by atoms with van der Waals surface area (Å²) >= 11 is 0. The van der Waals surface area contributed by atoms with Crippen LogP contribution in [-0.4, -0.2) is 19.9 Å². The Hall–Kier alpha value is -7.30. The highest BCUT2D eigenvalue weighted by molar-refractivity contribution is 5.88. The third-order valence-corrected chi connectivity index (χ3v) is 9.55. The molecular weight excluding hydrogens is 657 g/mol. The molecule has 254 valence electrons. The molecule has 0 saturated carbocycles. The van der Waals surface area contributed by atoms with E-state index in [1.54, 1.807) is 0 Å². The van der Waals surface area contributed by atoms with E-state index in [2.05, 4.69) is 133 Å². The fourth-order valence-corrected chi connectivity index (χ4v) is 6.80. The highest BCUT2D eigenvalue weighted by atomic mass is 15.0. The molecule has 0 N–H and O–H groups in total. The number of rotatable bonds is 8. The Morgan fingerprint density at radius 2 is 0.556 bits per heavy atom. The molecule has 0 radical (unpaired) electrons. The zero-order chi connectivity index (χ0) is 36.1. The largest absolute Gasteiger partial charge is 0.248 e. The van der Waals surface area contributed by atoms with Crippen LogP contribution in [0.3, 0.4) is 0 Å². The Morgan fingerprint density at radius 1 is 0.204 bits per heavy atom. The van der Waals surface area contributed by atoms with Gasteiger partial charge in [0.2, 0.25) is 0 Å². The van der Waals surface area contributed by atoms with Gasteiger partial charge in [-0.05, 0) is 51.6 Å². The van der Waals surface area contributed by atoms with E-state index in [1.165, 1.54) is 11.1 Å². The van der Waals surface area contributed by atoms with Crippen LogP contribution in [-0.2, 0) is 0 Å².